The number of aliphatic hydroxyl groups is 1. The number of rotatable bonds is 4. The molecule has 1 aromatic rings. The van der Waals surface area contributed by atoms with Gasteiger partial charge in [0.2, 0.25) is 11.2 Å². The van der Waals surface area contributed by atoms with E-state index in [-0.39, 0.29) is 12.0 Å². The van der Waals surface area contributed by atoms with E-state index in [0.29, 0.717) is 6.20 Å². The summed E-state index contributed by atoms with van der Waals surface area (Å²) >= 11 is 0. The number of nitrogens with one attached hydrogen (secondary N) is 1. The van der Waals surface area contributed by atoms with Gasteiger partial charge in [-0.1, -0.05) is 0 Å². The van der Waals surface area contributed by atoms with Crippen LogP contribution in [0, 0.1) is 17.0 Å². The fourth-order valence-electron chi connectivity index (χ4n) is 1.75. The number of alkyl carbamates (subject to hydrolysis) is 1. The predicted octanol–water partition coefficient (Wildman–Crippen LogP) is 3.65. The third-order valence-corrected chi connectivity index (χ3v) is 2.67. The second kappa shape index (κ2) is 7.54. The lowest BCUT2D eigenvalue weighted by molar-refractivity contribution is 0.0501. The van der Waals surface area contributed by atoms with Gasteiger partial charge in [0.15, 0.2) is 4.98 Å². The number of hydrogen-bond donors (Lipinski definition) is 2. The Kier molecular flexibility index (Phi) is 6.02. The molecule has 124 valence electrons. The van der Waals surface area contributed by atoms with Crippen LogP contribution in [0.15, 0.2) is 30.2 Å². The Labute approximate surface area is 132 Å². The van der Waals surface area contributed by atoms with Crippen molar-refractivity contribution in [3.05, 3.63) is 52.3 Å². The number of hydrogen-bond acceptors (Lipinski definition) is 4. The lowest BCUT2D eigenvalue weighted by atomic mass is 10.0. The summed E-state index contributed by atoms with van der Waals surface area (Å²) in [5.41, 5.74) is -0.844. The van der Waals surface area contributed by atoms with Crippen molar-refractivity contribution in [2.24, 2.45) is 0 Å². The summed E-state index contributed by atoms with van der Waals surface area (Å²) in [7, 11) is 0. The van der Waals surface area contributed by atoms with Crippen molar-refractivity contribution in [2.75, 3.05) is 0 Å². The number of nitrogens with zero attached hydrogens (tertiary/aromatic N) is 2. The number of benzene rings is 1. The number of halogens is 2. The quantitative estimate of drug-likeness (QED) is 0.653. The topological polar surface area (TPSA) is 86.7 Å². The number of carbonyl (C=O) groups excluding carboxylic acids is 1. The maximum absolute atomic E-state index is 13.7. The molecule has 0 fully saturated rings. The zero-order valence-electron chi connectivity index (χ0n) is 13.0. The van der Waals surface area contributed by atoms with Crippen LogP contribution in [0.1, 0.15) is 26.3 Å². The van der Waals surface area contributed by atoms with Gasteiger partial charge in [0.1, 0.15) is 23.3 Å². The molecule has 8 heteroatoms. The Morgan fingerprint density at radius 1 is 1.48 bits per heavy atom. The van der Waals surface area contributed by atoms with Crippen LogP contribution in [0.2, 0.25) is 0 Å². The molecule has 23 heavy (non-hydrogen) atoms. The van der Waals surface area contributed by atoms with Gasteiger partial charge in [0.05, 0.1) is 0 Å². The van der Waals surface area contributed by atoms with Crippen LogP contribution in [0.25, 0.3) is 4.98 Å². The number of ether oxygens (including phenoxy) is 1. The number of aliphatic hydroxyl groups excluding tert-OH is 1. The van der Waals surface area contributed by atoms with E-state index in [9.17, 15) is 18.7 Å². The Bertz CT molecular complexity index is 648. The number of diazo groups is 1. The fraction of sp³-hybridized carbons (Fsp3) is 0.400. The molecule has 2 N–H and O–H groups in total. The second-order valence-corrected chi connectivity index (χ2v) is 5.81. The third kappa shape index (κ3) is 6.30. The fourth-order valence-corrected chi connectivity index (χ4v) is 1.75. The molecule has 1 rings (SSSR count). The summed E-state index contributed by atoms with van der Waals surface area (Å²) in [5.74, 6) is -1.90. The molecule has 0 aliphatic carbocycles. The highest BCUT2D eigenvalue weighted by molar-refractivity contribution is 5.68. The summed E-state index contributed by atoms with van der Waals surface area (Å²) < 4.78 is 32.0. The van der Waals surface area contributed by atoms with Gasteiger partial charge in [0, 0.05) is 6.42 Å². The molecule has 0 saturated heterocycles. The zero-order chi connectivity index (χ0) is 17.6. The SMILES string of the molecule is CC(C)(C)OC(=O)N[C@H](Cc1cc(F)ccc1F)/C(O)=C/[N+]#N. The molecular formula is C15H18F2N3O3+. The maximum atomic E-state index is 13.7. The summed E-state index contributed by atoms with van der Waals surface area (Å²) in [6.45, 7) is 4.94. The molecule has 0 aliphatic rings. The molecule has 1 aromatic carbocycles. The molecule has 0 heterocycles. The van der Waals surface area contributed by atoms with E-state index in [1.54, 1.807) is 20.8 Å². The first-order valence-corrected chi connectivity index (χ1v) is 6.79. The highest BCUT2D eigenvalue weighted by Gasteiger charge is 2.25. The zero-order valence-corrected chi connectivity index (χ0v) is 13.0. The van der Waals surface area contributed by atoms with E-state index in [0.717, 1.165) is 18.2 Å². The molecular weight excluding hydrogens is 308 g/mol. The van der Waals surface area contributed by atoms with Crippen LogP contribution in [0.5, 0.6) is 0 Å². The lowest BCUT2D eigenvalue weighted by Gasteiger charge is -2.22. The normalized spacial score (nSPS) is 13.1. The van der Waals surface area contributed by atoms with Crippen molar-refractivity contribution in [3.63, 3.8) is 0 Å². The van der Waals surface area contributed by atoms with E-state index in [4.69, 9.17) is 10.1 Å². The summed E-state index contributed by atoms with van der Waals surface area (Å²) in [6.07, 6.45) is -0.447. The highest BCUT2D eigenvalue weighted by Crippen LogP contribution is 2.15. The lowest BCUT2D eigenvalue weighted by Crippen LogP contribution is -2.41. The predicted molar refractivity (Wildman–Crippen MR) is 79.0 cm³/mol. The smallest absolute Gasteiger partial charge is 0.408 e. The van der Waals surface area contributed by atoms with E-state index in [2.05, 4.69) is 10.3 Å². The van der Waals surface area contributed by atoms with Crippen LogP contribution in [-0.4, -0.2) is 22.8 Å². The van der Waals surface area contributed by atoms with Gasteiger partial charge >= 0.3 is 12.3 Å². The van der Waals surface area contributed by atoms with Crippen molar-refractivity contribution < 1.29 is 23.4 Å². The van der Waals surface area contributed by atoms with Crippen molar-refractivity contribution in [2.45, 2.75) is 38.8 Å². The summed E-state index contributed by atoms with van der Waals surface area (Å²) in [5, 5.41) is 20.6. The first kappa shape index (κ1) is 18.4. The average molecular weight is 326 g/mol. The van der Waals surface area contributed by atoms with Crippen LogP contribution in [0.4, 0.5) is 13.6 Å². The van der Waals surface area contributed by atoms with E-state index < -0.39 is 35.1 Å². The minimum atomic E-state index is -1.16. The molecule has 0 unspecified atom stereocenters. The average Bonchev–Trinajstić information content (AvgIpc) is 2.40. The van der Waals surface area contributed by atoms with Gasteiger partial charge in [-0.2, -0.15) is 0 Å². The van der Waals surface area contributed by atoms with E-state index >= 15 is 0 Å². The Morgan fingerprint density at radius 2 is 2.13 bits per heavy atom. The first-order chi connectivity index (χ1) is 10.6. The minimum absolute atomic E-state index is 0.0658. The highest BCUT2D eigenvalue weighted by atomic mass is 19.1. The van der Waals surface area contributed by atoms with Crippen LogP contribution < -0.4 is 5.32 Å². The Morgan fingerprint density at radius 3 is 2.70 bits per heavy atom. The molecule has 0 radical (unpaired) electrons. The molecule has 0 bridgehead atoms. The number of carbonyl (C=O) groups is 1. The van der Waals surface area contributed by atoms with Crippen LogP contribution >= 0.6 is 0 Å². The molecule has 1 amide bonds. The first-order valence-electron chi connectivity index (χ1n) is 6.79. The molecule has 0 aromatic heterocycles. The van der Waals surface area contributed by atoms with Gasteiger partial charge in [-0.25, -0.2) is 13.6 Å². The standard InChI is InChI=1S/C15H17F2N3O3/c1-15(2,3)23-14(22)20-12(13(21)8-19-18)7-9-6-10(16)4-5-11(9)17/h4-6,8,12H,7H2,1-3H3,(H-,20,21,22)/p+1/b13-8-/t12-/m1/s1. The number of amides is 1. The summed E-state index contributed by atoms with van der Waals surface area (Å²) in [6, 6.07) is 1.68. The molecule has 0 aliphatic heterocycles. The van der Waals surface area contributed by atoms with Gasteiger partial charge in [0.25, 0.3) is 0 Å². The molecule has 6 nitrogen and oxygen atoms in total. The van der Waals surface area contributed by atoms with Crippen molar-refractivity contribution in [1.82, 2.24) is 5.32 Å². The van der Waals surface area contributed by atoms with Crippen molar-refractivity contribution in [1.29, 1.82) is 5.39 Å². The largest absolute Gasteiger partial charge is 0.504 e. The molecule has 0 spiro atoms. The van der Waals surface area contributed by atoms with E-state index in [1.807, 2.05) is 0 Å². The van der Waals surface area contributed by atoms with Crippen molar-refractivity contribution in [3.8, 4) is 0 Å². The maximum Gasteiger partial charge on any atom is 0.408 e. The van der Waals surface area contributed by atoms with E-state index in [1.165, 1.54) is 0 Å². The van der Waals surface area contributed by atoms with Gasteiger partial charge in [-0.3, -0.25) is 0 Å². The van der Waals surface area contributed by atoms with Gasteiger partial charge in [-0.15, -0.1) is 0 Å². The monoisotopic (exact) mass is 326 g/mol. The Balaban J connectivity index is 2.98. The summed E-state index contributed by atoms with van der Waals surface area (Å²) in [4.78, 5) is 14.4. The second-order valence-electron chi connectivity index (χ2n) is 5.81. The molecule has 0 saturated carbocycles. The van der Waals surface area contributed by atoms with Gasteiger partial charge in [-0.05, 0) is 44.5 Å². The third-order valence-electron chi connectivity index (χ3n) is 2.67. The molecule has 1 atom stereocenters. The van der Waals surface area contributed by atoms with Crippen molar-refractivity contribution >= 4 is 6.09 Å². The Hall–Kier alpha value is -2.69. The minimum Gasteiger partial charge on any atom is -0.504 e. The van der Waals surface area contributed by atoms with Crippen LogP contribution in [-0.2, 0) is 11.2 Å². The van der Waals surface area contributed by atoms with Gasteiger partial charge < -0.3 is 15.2 Å². The van der Waals surface area contributed by atoms with Crippen LogP contribution in [0.3, 0.4) is 0 Å².